The molecule has 11 heteroatoms. The number of nitrogens with zero attached hydrogens (tertiary/aromatic N) is 1. The molecule has 36 heavy (non-hydrogen) atoms. The number of halogens is 2. The number of hydrogen-bond acceptors (Lipinski definition) is 6. The maximum Gasteiger partial charge on any atom is 0.329 e. The zero-order valence-electron chi connectivity index (χ0n) is 19.3. The Kier molecular flexibility index (Phi) is 9.26. The summed E-state index contributed by atoms with van der Waals surface area (Å²) in [4.78, 5) is 36.2. The number of rotatable bonds is 8. The molecular weight excluding hydrogens is 507 g/mol. The van der Waals surface area contributed by atoms with Crippen LogP contribution in [0.2, 0.25) is 10.0 Å². The lowest BCUT2D eigenvalue weighted by Crippen LogP contribution is -2.32. The second-order valence-corrected chi connectivity index (χ2v) is 8.17. The lowest BCUT2D eigenvalue weighted by Gasteiger charge is -2.12. The van der Waals surface area contributed by atoms with E-state index >= 15 is 0 Å². The first-order chi connectivity index (χ1) is 17.3. The van der Waals surface area contributed by atoms with E-state index in [1.54, 1.807) is 61.5 Å². The number of benzene rings is 3. The molecule has 0 heterocycles. The van der Waals surface area contributed by atoms with Crippen LogP contribution >= 0.6 is 23.2 Å². The standard InChI is InChI=1S/C25H22Cl2N4O5/c1-15-19(27)7-4-8-20(15)30-23(32)14-36-21-10-9-16(11-22(21)35-2)13-28-31-25(34)24(33)29-18-6-3-5-17(26)12-18/h3-13H,14H2,1-2H3,(H,29,33)(H,30,32)(H,31,34)/b28-13-. The Morgan fingerprint density at radius 2 is 1.72 bits per heavy atom. The maximum absolute atomic E-state index is 12.3. The number of carbonyl (C=O) groups excluding carboxylic acids is 3. The average Bonchev–Trinajstić information content (AvgIpc) is 2.85. The molecule has 0 aliphatic carbocycles. The van der Waals surface area contributed by atoms with Crippen molar-refractivity contribution in [3.8, 4) is 11.5 Å². The van der Waals surface area contributed by atoms with Crippen molar-refractivity contribution < 1.29 is 23.9 Å². The summed E-state index contributed by atoms with van der Waals surface area (Å²) >= 11 is 11.9. The monoisotopic (exact) mass is 528 g/mol. The molecule has 0 fully saturated rings. The summed E-state index contributed by atoms with van der Waals surface area (Å²) < 4.78 is 10.9. The van der Waals surface area contributed by atoms with E-state index in [1.807, 2.05) is 0 Å². The molecule has 3 aromatic rings. The molecule has 3 rings (SSSR count). The van der Waals surface area contributed by atoms with E-state index in [9.17, 15) is 14.4 Å². The fourth-order valence-corrected chi connectivity index (χ4v) is 3.29. The molecule has 0 bridgehead atoms. The predicted molar refractivity (Wildman–Crippen MR) is 139 cm³/mol. The molecule has 0 saturated carbocycles. The van der Waals surface area contributed by atoms with Gasteiger partial charge < -0.3 is 20.1 Å². The minimum absolute atomic E-state index is 0.256. The number of nitrogens with one attached hydrogen (secondary N) is 3. The number of methoxy groups -OCH3 is 1. The molecule has 0 aliphatic rings. The number of anilines is 2. The van der Waals surface area contributed by atoms with Gasteiger partial charge in [-0.25, -0.2) is 5.43 Å². The quantitative estimate of drug-likeness (QED) is 0.227. The summed E-state index contributed by atoms with van der Waals surface area (Å²) in [6, 6.07) is 16.4. The molecule has 0 spiro atoms. The van der Waals surface area contributed by atoms with E-state index in [0.717, 1.165) is 5.56 Å². The lowest BCUT2D eigenvalue weighted by atomic mass is 10.2. The van der Waals surface area contributed by atoms with Crippen LogP contribution in [0, 0.1) is 6.92 Å². The summed E-state index contributed by atoms with van der Waals surface area (Å²) in [6.07, 6.45) is 1.32. The minimum Gasteiger partial charge on any atom is -0.493 e. The molecule has 0 atom stereocenters. The summed E-state index contributed by atoms with van der Waals surface area (Å²) in [5.74, 6) is -1.55. The van der Waals surface area contributed by atoms with Gasteiger partial charge in [0.1, 0.15) is 0 Å². The number of ether oxygens (including phenoxy) is 2. The van der Waals surface area contributed by atoms with Gasteiger partial charge in [0.15, 0.2) is 18.1 Å². The smallest absolute Gasteiger partial charge is 0.329 e. The normalized spacial score (nSPS) is 10.6. The van der Waals surface area contributed by atoms with Crippen molar-refractivity contribution in [3.63, 3.8) is 0 Å². The van der Waals surface area contributed by atoms with Crippen LogP contribution < -0.4 is 25.5 Å². The first-order valence-electron chi connectivity index (χ1n) is 10.5. The molecule has 0 aliphatic heterocycles. The van der Waals surface area contributed by atoms with Crippen molar-refractivity contribution in [3.05, 3.63) is 81.8 Å². The molecular formula is C25H22Cl2N4O5. The van der Waals surface area contributed by atoms with Gasteiger partial charge in [0.05, 0.1) is 13.3 Å². The van der Waals surface area contributed by atoms with E-state index in [0.29, 0.717) is 38.5 Å². The van der Waals surface area contributed by atoms with Gasteiger partial charge >= 0.3 is 11.8 Å². The van der Waals surface area contributed by atoms with Gasteiger partial charge in [-0.15, -0.1) is 0 Å². The fraction of sp³-hybridized carbons (Fsp3) is 0.120. The van der Waals surface area contributed by atoms with Gasteiger partial charge in [-0.1, -0.05) is 35.3 Å². The highest BCUT2D eigenvalue weighted by atomic mass is 35.5. The van der Waals surface area contributed by atoms with Gasteiger partial charge in [-0.2, -0.15) is 5.10 Å². The van der Waals surface area contributed by atoms with Crippen molar-refractivity contribution in [2.75, 3.05) is 24.4 Å². The average molecular weight is 529 g/mol. The topological polar surface area (TPSA) is 118 Å². The zero-order chi connectivity index (χ0) is 26.1. The maximum atomic E-state index is 12.3. The van der Waals surface area contributed by atoms with Crippen molar-refractivity contribution >= 4 is 58.5 Å². The predicted octanol–water partition coefficient (Wildman–Crippen LogP) is 4.42. The van der Waals surface area contributed by atoms with Gasteiger partial charge in [0, 0.05) is 21.4 Å². The Bertz CT molecular complexity index is 1310. The third kappa shape index (κ3) is 7.46. The number of hydrogen-bond donors (Lipinski definition) is 3. The summed E-state index contributed by atoms with van der Waals surface area (Å²) in [6.45, 7) is 1.55. The van der Waals surface area contributed by atoms with Crippen molar-refractivity contribution in [2.45, 2.75) is 6.92 Å². The summed E-state index contributed by atoms with van der Waals surface area (Å²) in [5.41, 5.74) is 4.42. The second-order valence-electron chi connectivity index (χ2n) is 7.32. The Morgan fingerprint density at radius 1 is 0.944 bits per heavy atom. The zero-order valence-corrected chi connectivity index (χ0v) is 20.8. The first-order valence-corrected chi connectivity index (χ1v) is 11.3. The molecule has 0 aromatic heterocycles. The van der Waals surface area contributed by atoms with Crippen LogP contribution in [0.3, 0.4) is 0 Å². The van der Waals surface area contributed by atoms with Crippen molar-refractivity contribution in [1.82, 2.24) is 5.43 Å². The van der Waals surface area contributed by atoms with Gasteiger partial charge in [-0.05, 0) is 66.6 Å². The SMILES string of the molecule is COc1cc(/C=N\NC(=O)C(=O)Nc2cccc(Cl)c2)ccc1OCC(=O)Nc1cccc(Cl)c1C. The minimum atomic E-state index is -0.959. The van der Waals surface area contributed by atoms with E-state index in [2.05, 4.69) is 21.2 Å². The summed E-state index contributed by atoms with van der Waals surface area (Å²) in [5, 5.41) is 9.91. The van der Waals surface area contributed by atoms with Crippen LogP contribution in [0.25, 0.3) is 0 Å². The van der Waals surface area contributed by atoms with Gasteiger partial charge in [0.25, 0.3) is 5.91 Å². The van der Waals surface area contributed by atoms with E-state index in [4.69, 9.17) is 32.7 Å². The molecule has 0 saturated heterocycles. The summed E-state index contributed by atoms with van der Waals surface area (Å²) in [7, 11) is 1.44. The van der Waals surface area contributed by atoms with Crippen molar-refractivity contribution in [1.29, 1.82) is 0 Å². The van der Waals surface area contributed by atoms with E-state index < -0.39 is 11.8 Å². The van der Waals surface area contributed by atoms with Crippen LogP contribution in [0.4, 0.5) is 11.4 Å². The Hall–Kier alpha value is -4.08. The van der Waals surface area contributed by atoms with Crippen LogP contribution in [0.15, 0.2) is 65.8 Å². The molecule has 3 N–H and O–H groups in total. The van der Waals surface area contributed by atoms with Crippen LogP contribution in [0.5, 0.6) is 11.5 Å². The molecule has 9 nitrogen and oxygen atoms in total. The third-order valence-corrected chi connectivity index (χ3v) is 5.40. The Labute approximate surface area is 217 Å². The molecule has 186 valence electrons. The lowest BCUT2D eigenvalue weighted by molar-refractivity contribution is -0.136. The fourth-order valence-electron chi connectivity index (χ4n) is 2.93. The number of amides is 3. The Balaban J connectivity index is 1.54. The van der Waals surface area contributed by atoms with Crippen LogP contribution in [0.1, 0.15) is 11.1 Å². The highest BCUT2D eigenvalue weighted by Gasteiger charge is 2.13. The molecule has 0 unspecified atom stereocenters. The van der Waals surface area contributed by atoms with Gasteiger partial charge in [-0.3, -0.25) is 14.4 Å². The molecule has 0 radical (unpaired) electrons. The van der Waals surface area contributed by atoms with Crippen molar-refractivity contribution in [2.24, 2.45) is 5.10 Å². The molecule has 3 aromatic carbocycles. The largest absolute Gasteiger partial charge is 0.493 e. The second kappa shape index (κ2) is 12.6. The highest BCUT2D eigenvalue weighted by Crippen LogP contribution is 2.28. The van der Waals surface area contributed by atoms with E-state index in [1.165, 1.54) is 19.4 Å². The number of carbonyl (C=O) groups is 3. The highest BCUT2D eigenvalue weighted by molar-refractivity contribution is 6.39. The first kappa shape index (κ1) is 26.5. The Morgan fingerprint density at radius 3 is 2.47 bits per heavy atom. The third-order valence-electron chi connectivity index (χ3n) is 4.76. The number of hydrazone groups is 1. The van der Waals surface area contributed by atoms with Crippen LogP contribution in [-0.4, -0.2) is 37.7 Å². The molecule has 3 amide bonds. The van der Waals surface area contributed by atoms with Gasteiger partial charge in [0.2, 0.25) is 0 Å². The van der Waals surface area contributed by atoms with E-state index in [-0.39, 0.29) is 12.5 Å². The van der Waals surface area contributed by atoms with Crippen LogP contribution in [-0.2, 0) is 14.4 Å².